The molecule has 146 valence electrons. The number of phenolic OH excluding ortho intramolecular Hbond substituents is 3. The Balaban J connectivity index is 2.34. The zero-order valence-electron chi connectivity index (χ0n) is 17.1. The molecule has 0 aliphatic heterocycles. The Morgan fingerprint density at radius 3 is 1.63 bits per heavy atom. The molecule has 0 saturated carbocycles. The van der Waals surface area contributed by atoms with Gasteiger partial charge in [-0.3, -0.25) is 4.79 Å². The highest BCUT2D eigenvalue weighted by Crippen LogP contribution is 2.40. The van der Waals surface area contributed by atoms with Crippen LogP contribution < -0.4 is 0 Å². The molecule has 0 fully saturated rings. The number of carbonyl (C=O) groups excluding carboxylic acids is 1. The lowest BCUT2D eigenvalue weighted by Gasteiger charge is -2.28. The standard InChI is InChI=1S/C23H30O4/c1-22(2,3)18-9-14(10-19(21(18)27)23(4,5)6)7-8-20(26)15-11-16(24)13-17(25)12-15/h9-13,24-25,27H,7-8H2,1-6H3. The SMILES string of the molecule is CC(C)(C)c1cc(CCC(=O)c2cc(O)cc(O)c2)cc(C(C)(C)C)c1O. The summed E-state index contributed by atoms with van der Waals surface area (Å²) >= 11 is 0. The highest BCUT2D eigenvalue weighted by Gasteiger charge is 2.26. The number of benzene rings is 2. The van der Waals surface area contributed by atoms with Crippen molar-refractivity contribution >= 4 is 5.78 Å². The van der Waals surface area contributed by atoms with Crippen LogP contribution in [0.2, 0.25) is 0 Å². The van der Waals surface area contributed by atoms with E-state index in [0.29, 0.717) is 17.7 Å². The molecule has 0 aromatic heterocycles. The lowest BCUT2D eigenvalue weighted by atomic mass is 9.78. The number of aryl methyl sites for hydroxylation is 1. The normalized spacial score (nSPS) is 12.2. The van der Waals surface area contributed by atoms with E-state index >= 15 is 0 Å². The van der Waals surface area contributed by atoms with Gasteiger partial charge in [-0.15, -0.1) is 0 Å². The van der Waals surface area contributed by atoms with E-state index < -0.39 is 0 Å². The van der Waals surface area contributed by atoms with Gasteiger partial charge in [0.15, 0.2) is 5.78 Å². The maximum atomic E-state index is 12.5. The summed E-state index contributed by atoms with van der Waals surface area (Å²) in [5.41, 5.74) is 2.57. The summed E-state index contributed by atoms with van der Waals surface area (Å²) in [7, 11) is 0. The molecule has 0 aliphatic carbocycles. The first kappa shape index (κ1) is 20.8. The van der Waals surface area contributed by atoms with Crippen molar-refractivity contribution in [2.45, 2.75) is 65.2 Å². The average Bonchev–Trinajstić information content (AvgIpc) is 2.50. The van der Waals surface area contributed by atoms with Crippen molar-refractivity contribution in [2.24, 2.45) is 0 Å². The Kier molecular flexibility index (Phi) is 5.60. The minimum Gasteiger partial charge on any atom is -0.508 e. The van der Waals surface area contributed by atoms with Crippen molar-refractivity contribution in [3.8, 4) is 17.2 Å². The highest BCUT2D eigenvalue weighted by molar-refractivity contribution is 5.97. The first-order chi connectivity index (χ1) is 12.3. The average molecular weight is 370 g/mol. The summed E-state index contributed by atoms with van der Waals surface area (Å²) in [6.07, 6.45) is 0.766. The van der Waals surface area contributed by atoms with Gasteiger partial charge in [-0.2, -0.15) is 0 Å². The quantitative estimate of drug-likeness (QED) is 0.645. The molecular formula is C23H30O4. The van der Waals surface area contributed by atoms with Gasteiger partial charge in [0, 0.05) is 18.1 Å². The molecule has 0 bridgehead atoms. The van der Waals surface area contributed by atoms with Gasteiger partial charge in [0.1, 0.15) is 17.2 Å². The number of phenols is 3. The van der Waals surface area contributed by atoms with Gasteiger partial charge in [0.25, 0.3) is 0 Å². The zero-order valence-corrected chi connectivity index (χ0v) is 17.1. The molecule has 27 heavy (non-hydrogen) atoms. The van der Waals surface area contributed by atoms with Crippen molar-refractivity contribution in [2.75, 3.05) is 0 Å². The van der Waals surface area contributed by atoms with E-state index in [1.165, 1.54) is 18.2 Å². The van der Waals surface area contributed by atoms with Gasteiger partial charge in [-0.25, -0.2) is 0 Å². The fourth-order valence-electron chi connectivity index (χ4n) is 3.14. The summed E-state index contributed by atoms with van der Waals surface area (Å²) in [6, 6.07) is 7.86. The van der Waals surface area contributed by atoms with Crippen molar-refractivity contribution < 1.29 is 20.1 Å². The molecule has 0 unspecified atom stereocenters. The van der Waals surface area contributed by atoms with E-state index in [2.05, 4.69) is 41.5 Å². The van der Waals surface area contributed by atoms with E-state index in [-0.39, 0.29) is 34.5 Å². The summed E-state index contributed by atoms with van der Waals surface area (Å²) in [6.45, 7) is 12.3. The smallest absolute Gasteiger partial charge is 0.163 e. The molecule has 0 saturated heterocycles. The summed E-state index contributed by atoms with van der Waals surface area (Å²) in [5.74, 6) is -0.0899. The topological polar surface area (TPSA) is 77.8 Å². The number of hydrogen-bond acceptors (Lipinski definition) is 4. The van der Waals surface area contributed by atoms with Crippen LogP contribution >= 0.6 is 0 Å². The summed E-state index contributed by atoms with van der Waals surface area (Å²) < 4.78 is 0. The van der Waals surface area contributed by atoms with Gasteiger partial charge in [-0.1, -0.05) is 53.7 Å². The van der Waals surface area contributed by atoms with Crippen LogP contribution in [0.4, 0.5) is 0 Å². The molecule has 0 aliphatic rings. The molecule has 0 heterocycles. The third-order valence-corrected chi connectivity index (χ3v) is 4.65. The summed E-state index contributed by atoms with van der Waals surface area (Å²) in [4.78, 5) is 12.5. The van der Waals surface area contributed by atoms with Gasteiger partial charge in [0.05, 0.1) is 0 Å². The van der Waals surface area contributed by atoms with E-state index in [1.807, 2.05) is 12.1 Å². The lowest BCUT2D eigenvalue weighted by Crippen LogP contribution is -2.18. The second kappa shape index (κ2) is 7.26. The van der Waals surface area contributed by atoms with E-state index in [9.17, 15) is 20.1 Å². The van der Waals surface area contributed by atoms with Gasteiger partial charge < -0.3 is 15.3 Å². The minimum absolute atomic E-state index is 0.131. The first-order valence-corrected chi connectivity index (χ1v) is 9.22. The van der Waals surface area contributed by atoms with Gasteiger partial charge in [0.2, 0.25) is 0 Å². The Morgan fingerprint density at radius 1 is 0.778 bits per heavy atom. The number of ketones is 1. The zero-order chi connectivity index (χ0) is 20.6. The van der Waals surface area contributed by atoms with Gasteiger partial charge >= 0.3 is 0 Å². The molecule has 2 aromatic rings. The molecule has 4 nitrogen and oxygen atoms in total. The second-order valence-corrected chi connectivity index (χ2v) is 9.20. The minimum atomic E-state index is -0.221. The van der Waals surface area contributed by atoms with Crippen LogP contribution in [0.25, 0.3) is 0 Å². The highest BCUT2D eigenvalue weighted by atomic mass is 16.3. The van der Waals surface area contributed by atoms with Gasteiger partial charge in [-0.05, 0) is 46.1 Å². The van der Waals surface area contributed by atoms with Crippen LogP contribution in [0.15, 0.2) is 30.3 Å². The van der Waals surface area contributed by atoms with Crippen LogP contribution in [-0.4, -0.2) is 21.1 Å². The van der Waals surface area contributed by atoms with E-state index in [4.69, 9.17) is 0 Å². The molecule has 0 spiro atoms. The number of carbonyl (C=O) groups is 1. The lowest BCUT2D eigenvalue weighted by molar-refractivity contribution is 0.0982. The Labute approximate surface area is 161 Å². The van der Waals surface area contributed by atoms with Crippen molar-refractivity contribution in [1.29, 1.82) is 0 Å². The van der Waals surface area contributed by atoms with Crippen LogP contribution in [0.5, 0.6) is 17.2 Å². The van der Waals surface area contributed by atoms with Crippen LogP contribution in [-0.2, 0) is 17.3 Å². The number of rotatable bonds is 4. The summed E-state index contributed by atoms with van der Waals surface area (Å²) in [5, 5.41) is 29.9. The molecular weight excluding hydrogens is 340 g/mol. The van der Waals surface area contributed by atoms with E-state index in [0.717, 1.165) is 16.7 Å². The largest absolute Gasteiger partial charge is 0.508 e. The van der Waals surface area contributed by atoms with Crippen molar-refractivity contribution in [3.63, 3.8) is 0 Å². The Bertz CT molecular complexity index is 796. The van der Waals surface area contributed by atoms with Crippen LogP contribution in [0, 0.1) is 0 Å². The number of hydrogen-bond donors (Lipinski definition) is 3. The fourth-order valence-corrected chi connectivity index (χ4v) is 3.14. The fraction of sp³-hybridized carbons (Fsp3) is 0.435. The first-order valence-electron chi connectivity index (χ1n) is 9.22. The third kappa shape index (κ3) is 5.03. The molecule has 0 radical (unpaired) electrons. The maximum absolute atomic E-state index is 12.5. The van der Waals surface area contributed by atoms with Crippen LogP contribution in [0.3, 0.4) is 0 Å². The molecule has 0 amide bonds. The number of Topliss-reactive ketones (excluding diaryl/α,β-unsaturated/α-hetero) is 1. The molecule has 2 aromatic carbocycles. The second-order valence-electron chi connectivity index (χ2n) is 9.20. The molecule has 2 rings (SSSR count). The molecule has 3 N–H and O–H groups in total. The predicted molar refractivity (Wildman–Crippen MR) is 108 cm³/mol. The Morgan fingerprint density at radius 2 is 1.22 bits per heavy atom. The molecule has 0 atom stereocenters. The Hall–Kier alpha value is -2.49. The van der Waals surface area contributed by atoms with Crippen molar-refractivity contribution in [3.05, 3.63) is 52.6 Å². The van der Waals surface area contributed by atoms with Crippen LogP contribution in [0.1, 0.15) is 75.0 Å². The molecule has 4 heteroatoms. The predicted octanol–water partition coefficient (Wildman–Crippen LogP) is 5.21. The maximum Gasteiger partial charge on any atom is 0.163 e. The monoisotopic (exact) mass is 370 g/mol. The van der Waals surface area contributed by atoms with E-state index in [1.54, 1.807) is 0 Å². The van der Waals surface area contributed by atoms with Crippen molar-refractivity contribution in [1.82, 2.24) is 0 Å². The number of aromatic hydroxyl groups is 3. The third-order valence-electron chi connectivity index (χ3n) is 4.65.